The molecule has 1 amide bonds. The number of ether oxygens (including phenoxy) is 1. The number of thiophene rings is 1. The number of halogens is 1. The van der Waals surface area contributed by atoms with Gasteiger partial charge in [-0.05, 0) is 13.0 Å². The van der Waals surface area contributed by atoms with Gasteiger partial charge >= 0.3 is 0 Å². The summed E-state index contributed by atoms with van der Waals surface area (Å²) in [7, 11) is 1.49. The van der Waals surface area contributed by atoms with E-state index in [1.165, 1.54) is 18.4 Å². The van der Waals surface area contributed by atoms with Crippen LogP contribution in [0.4, 0.5) is 5.69 Å². The number of nitrogens with one attached hydrogen (secondary N) is 1. The molecule has 0 fully saturated rings. The van der Waals surface area contributed by atoms with E-state index in [-0.39, 0.29) is 5.91 Å². The highest BCUT2D eigenvalue weighted by Gasteiger charge is 2.11. The van der Waals surface area contributed by atoms with Gasteiger partial charge in [-0.2, -0.15) is 0 Å². The van der Waals surface area contributed by atoms with Crippen LogP contribution >= 0.6 is 22.9 Å². The Kier molecular flexibility index (Phi) is 3.71. The largest absolute Gasteiger partial charge is 0.372 e. The predicted octanol–water partition coefficient (Wildman–Crippen LogP) is 2.37. The summed E-state index contributed by atoms with van der Waals surface area (Å²) in [5.41, 5.74) is 0.712. The highest BCUT2D eigenvalue weighted by Crippen LogP contribution is 2.23. The van der Waals surface area contributed by atoms with E-state index in [4.69, 9.17) is 16.3 Å². The van der Waals surface area contributed by atoms with Gasteiger partial charge in [0.25, 0.3) is 5.91 Å². The summed E-state index contributed by atoms with van der Waals surface area (Å²) in [5.74, 6) is -0.169. The minimum absolute atomic E-state index is 0.169. The lowest BCUT2D eigenvalue weighted by Crippen LogP contribution is -2.26. The van der Waals surface area contributed by atoms with Gasteiger partial charge in [0.1, 0.15) is 6.10 Å². The Morgan fingerprint density at radius 2 is 2.46 bits per heavy atom. The van der Waals surface area contributed by atoms with Crippen molar-refractivity contribution in [1.82, 2.24) is 0 Å². The summed E-state index contributed by atoms with van der Waals surface area (Å²) >= 11 is 7.07. The third-order valence-corrected chi connectivity index (χ3v) is 2.65. The summed E-state index contributed by atoms with van der Waals surface area (Å²) in [6.07, 6.45) is -0.446. The molecule has 1 atom stereocenters. The molecule has 5 heteroatoms. The first kappa shape index (κ1) is 10.5. The van der Waals surface area contributed by atoms with Gasteiger partial charge in [-0.1, -0.05) is 11.6 Å². The SMILES string of the molecule is COC(C)C(=O)Nc1csc(Cl)c1. The molecule has 1 N–H and O–H groups in total. The number of rotatable bonds is 3. The molecular weight excluding hydrogens is 210 g/mol. The highest BCUT2D eigenvalue weighted by atomic mass is 35.5. The van der Waals surface area contributed by atoms with E-state index in [1.807, 2.05) is 0 Å². The van der Waals surface area contributed by atoms with Crippen LogP contribution < -0.4 is 5.32 Å². The van der Waals surface area contributed by atoms with Gasteiger partial charge in [-0.3, -0.25) is 4.79 Å². The lowest BCUT2D eigenvalue weighted by Gasteiger charge is -2.08. The summed E-state index contributed by atoms with van der Waals surface area (Å²) in [6.45, 7) is 1.68. The summed E-state index contributed by atoms with van der Waals surface area (Å²) < 4.78 is 5.50. The Labute approximate surface area is 85.7 Å². The van der Waals surface area contributed by atoms with Crippen LogP contribution in [-0.2, 0) is 9.53 Å². The second-order valence-corrected chi connectivity index (χ2v) is 4.05. The first-order chi connectivity index (χ1) is 6.13. The molecule has 0 aliphatic heterocycles. The highest BCUT2D eigenvalue weighted by molar-refractivity contribution is 7.14. The zero-order chi connectivity index (χ0) is 9.84. The molecule has 1 aromatic rings. The Morgan fingerprint density at radius 1 is 1.77 bits per heavy atom. The van der Waals surface area contributed by atoms with E-state index < -0.39 is 6.10 Å². The molecule has 0 aromatic carbocycles. The van der Waals surface area contributed by atoms with Crippen molar-refractivity contribution in [2.75, 3.05) is 12.4 Å². The van der Waals surface area contributed by atoms with Crippen LogP contribution in [0.5, 0.6) is 0 Å². The van der Waals surface area contributed by atoms with E-state index in [0.29, 0.717) is 10.0 Å². The zero-order valence-electron chi connectivity index (χ0n) is 7.33. The quantitative estimate of drug-likeness (QED) is 0.848. The molecule has 1 aromatic heterocycles. The number of hydrogen-bond acceptors (Lipinski definition) is 3. The summed E-state index contributed by atoms with van der Waals surface area (Å²) in [4.78, 5) is 11.3. The minimum atomic E-state index is -0.446. The van der Waals surface area contributed by atoms with Crippen LogP contribution in [0, 0.1) is 0 Å². The van der Waals surface area contributed by atoms with E-state index >= 15 is 0 Å². The Balaban J connectivity index is 2.54. The predicted molar refractivity (Wildman–Crippen MR) is 54.4 cm³/mol. The van der Waals surface area contributed by atoms with Crippen LogP contribution in [0.2, 0.25) is 4.34 Å². The number of carbonyl (C=O) groups excluding carboxylic acids is 1. The maximum Gasteiger partial charge on any atom is 0.253 e. The Hall–Kier alpha value is -0.580. The van der Waals surface area contributed by atoms with Crippen molar-refractivity contribution in [2.24, 2.45) is 0 Å². The number of carbonyl (C=O) groups is 1. The molecule has 0 saturated carbocycles. The third kappa shape index (κ3) is 2.99. The first-order valence-electron chi connectivity index (χ1n) is 3.71. The van der Waals surface area contributed by atoms with Crippen molar-refractivity contribution < 1.29 is 9.53 Å². The molecule has 13 heavy (non-hydrogen) atoms. The van der Waals surface area contributed by atoms with Gasteiger partial charge < -0.3 is 10.1 Å². The molecule has 1 unspecified atom stereocenters. The van der Waals surface area contributed by atoms with Gasteiger partial charge in [0.05, 0.1) is 10.0 Å². The minimum Gasteiger partial charge on any atom is -0.372 e. The van der Waals surface area contributed by atoms with Crippen molar-refractivity contribution >= 4 is 34.5 Å². The fraction of sp³-hybridized carbons (Fsp3) is 0.375. The summed E-state index contributed by atoms with van der Waals surface area (Å²) in [6, 6.07) is 1.70. The van der Waals surface area contributed by atoms with E-state index in [1.54, 1.807) is 18.4 Å². The van der Waals surface area contributed by atoms with Crippen molar-refractivity contribution in [1.29, 1.82) is 0 Å². The van der Waals surface area contributed by atoms with Gasteiger partial charge in [-0.15, -0.1) is 11.3 Å². The maximum absolute atomic E-state index is 11.3. The van der Waals surface area contributed by atoms with Crippen molar-refractivity contribution in [2.45, 2.75) is 13.0 Å². The summed E-state index contributed by atoms with van der Waals surface area (Å²) in [5, 5.41) is 4.46. The van der Waals surface area contributed by atoms with Crippen LogP contribution in [0.25, 0.3) is 0 Å². The Morgan fingerprint density at radius 3 is 2.92 bits per heavy atom. The van der Waals surface area contributed by atoms with Crippen LogP contribution in [0.1, 0.15) is 6.92 Å². The molecule has 0 spiro atoms. The van der Waals surface area contributed by atoms with E-state index in [9.17, 15) is 4.79 Å². The molecule has 3 nitrogen and oxygen atoms in total. The second kappa shape index (κ2) is 4.60. The smallest absolute Gasteiger partial charge is 0.253 e. The van der Waals surface area contributed by atoms with Crippen molar-refractivity contribution in [3.8, 4) is 0 Å². The maximum atomic E-state index is 11.3. The molecule has 0 saturated heterocycles. The molecule has 0 aliphatic carbocycles. The number of hydrogen-bond donors (Lipinski definition) is 1. The van der Waals surface area contributed by atoms with Gasteiger partial charge in [0.15, 0.2) is 0 Å². The molecule has 72 valence electrons. The second-order valence-electron chi connectivity index (χ2n) is 2.51. The molecule has 1 rings (SSSR count). The average molecular weight is 220 g/mol. The Bertz CT molecular complexity index is 300. The van der Waals surface area contributed by atoms with Crippen LogP contribution in [0.3, 0.4) is 0 Å². The number of methoxy groups -OCH3 is 1. The van der Waals surface area contributed by atoms with Crippen molar-refractivity contribution in [3.63, 3.8) is 0 Å². The first-order valence-corrected chi connectivity index (χ1v) is 4.97. The van der Waals surface area contributed by atoms with Crippen molar-refractivity contribution in [3.05, 3.63) is 15.8 Å². The van der Waals surface area contributed by atoms with E-state index in [0.717, 1.165) is 0 Å². The number of amides is 1. The lowest BCUT2D eigenvalue weighted by molar-refractivity contribution is -0.124. The zero-order valence-corrected chi connectivity index (χ0v) is 8.91. The molecule has 0 aliphatic rings. The monoisotopic (exact) mass is 219 g/mol. The molecule has 0 bridgehead atoms. The van der Waals surface area contributed by atoms with Gasteiger partial charge in [-0.25, -0.2) is 0 Å². The van der Waals surface area contributed by atoms with Crippen LogP contribution in [-0.4, -0.2) is 19.1 Å². The van der Waals surface area contributed by atoms with Gasteiger partial charge in [0.2, 0.25) is 0 Å². The standard InChI is InChI=1S/C8H10ClNO2S/c1-5(12-2)8(11)10-6-3-7(9)13-4-6/h3-5H,1-2H3,(H,10,11). The lowest BCUT2D eigenvalue weighted by atomic mass is 10.3. The fourth-order valence-corrected chi connectivity index (χ4v) is 1.54. The fourth-order valence-electron chi connectivity index (χ4n) is 0.727. The van der Waals surface area contributed by atoms with Crippen LogP contribution in [0.15, 0.2) is 11.4 Å². The van der Waals surface area contributed by atoms with Gasteiger partial charge in [0, 0.05) is 12.5 Å². The van der Waals surface area contributed by atoms with E-state index in [2.05, 4.69) is 5.32 Å². The topological polar surface area (TPSA) is 38.3 Å². The average Bonchev–Trinajstić information content (AvgIpc) is 2.49. The normalized spacial score (nSPS) is 12.5. The third-order valence-electron chi connectivity index (χ3n) is 1.56. The molecule has 1 heterocycles. The molecular formula is C8H10ClNO2S. The molecule has 0 radical (unpaired) electrons. The number of anilines is 1.